The number of piperidine rings is 1. The Morgan fingerprint density at radius 3 is 2.66 bits per heavy atom. The van der Waals surface area contributed by atoms with Crippen molar-refractivity contribution < 1.29 is 13.9 Å². The van der Waals surface area contributed by atoms with Crippen LogP contribution in [0.3, 0.4) is 0 Å². The average Bonchev–Trinajstić information content (AvgIpc) is 3.49. The van der Waals surface area contributed by atoms with Crippen LogP contribution in [-0.4, -0.2) is 58.2 Å². The number of amides is 1. The highest BCUT2D eigenvalue weighted by atomic mass is 19.1. The van der Waals surface area contributed by atoms with Crippen molar-refractivity contribution >= 4 is 17.4 Å². The summed E-state index contributed by atoms with van der Waals surface area (Å²) in [6.07, 6.45) is 5.57. The number of ether oxygens (including phenoxy) is 1. The minimum absolute atomic E-state index is 0.0492. The van der Waals surface area contributed by atoms with Crippen molar-refractivity contribution in [2.24, 2.45) is 5.73 Å². The van der Waals surface area contributed by atoms with Gasteiger partial charge in [0.15, 0.2) is 5.65 Å². The Hall–Kier alpha value is -3.20. The molecule has 0 aliphatic carbocycles. The fraction of sp³-hybridized carbons (Fsp3) is 0.500. The largest absolute Gasteiger partial charge is 0.497 e. The fourth-order valence-electron chi connectivity index (χ4n) is 4.91. The van der Waals surface area contributed by atoms with Crippen molar-refractivity contribution in [3.05, 3.63) is 53.1 Å². The molecule has 5 rings (SSSR count). The second-order valence-corrected chi connectivity index (χ2v) is 8.97. The molecule has 2 aromatic heterocycles. The molecule has 2 aliphatic heterocycles. The number of carbonyl (C=O) groups is 1. The van der Waals surface area contributed by atoms with Gasteiger partial charge in [0.25, 0.3) is 5.91 Å². The van der Waals surface area contributed by atoms with E-state index in [1.54, 1.807) is 15.5 Å². The number of benzene rings is 1. The summed E-state index contributed by atoms with van der Waals surface area (Å²) in [4.78, 5) is 22.1. The SMILES string of the molecule is CC.COc1ccc(C(=O)N2CCCCC2c2cc3nc(N4CCC(N)C4)c(C)cn3n2)c(F)c1. The third-order valence-electron chi connectivity index (χ3n) is 6.66. The van der Waals surface area contributed by atoms with E-state index in [2.05, 4.69) is 4.90 Å². The summed E-state index contributed by atoms with van der Waals surface area (Å²) in [7, 11) is 1.47. The molecule has 4 heterocycles. The molecule has 2 unspecified atom stereocenters. The molecule has 2 saturated heterocycles. The van der Waals surface area contributed by atoms with E-state index in [0.29, 0.717) is 12.3 Å². The molecule has 0 radical (unpaired) electrons. The highest BCUT2D eigenvalue weighted by Crippen LogP contribution is 2.33. The number of likely N-dealkylation sites (tertiary alicyclic amines) is 1. The minimum Gasteiger partial charge on any atom is -0.497 e. The predicted octanol–water partition coefficient (Wildman–Crippen LogP) is 4.12. The monoisotopic (exact) mass is 482 g/mol. The number of halogens is 1. The zero-order chi connectivity index (χ0) is 25.1. The lowest BCUT2D eigenvalue weighted by Crippen LogP contribution is -2.39. The topological polar surface area (TPSA) is 89.0 Å². The molecule has 0 saturated carbocycles. The van der Waals surface area contributed by atoms with Gasteiger partial charge in [-0.15, -0.1) is 0 Å². The number of aromatic nitrogens is 3. The van der Waals surface area contributed by atoms with Gasteiger partial charge in [-0.25, -0.2) is 13.9 Å². The van der Waals surface area contributed by atoms with Gasteiger partial charge in [0.05, 0.1) is 24.4 Å². The van der Waals surface area contributed by atoms with Crippen LogP contribution in [0, 0.1) is 12.7 Å². The maximum absolute atomic E-state index is 14.6. The molecule has 35 heavy (non-hydrogen) atoms. The van der Waals surface area contributed by atoms with Gasteiger partial charge in [0.2, 0.25) is 0 Å². The molecule has 188 valence electrons. The first kappa shape index (κ1) is 24.9. The van der Waals surface area contributed by atoms with Crippen LogP contribution in [0.25, 0.3) is 5.65 Å². The number of anilines is 1. The number of nitrogens with zero attached hydrogens (tertiary/aromatic N) is 5. The first-order valence-electron chi connectivity index (χ1n) is 12.5. The Kier molecular flexibility index (Phi) is 7.54. The molecule has 1 amide bonds. The maximum atomic E-state index is 14.6. The maximum Gasteiger partial charge on any atom is 0.257 e. The molecular formula is C26H35FN6O2. The third-order valence-corrected chi connectivity index (χ3v) is 6.66. The van der Waals surface area contributed by atoms with E-state index in [1.165, 1.54) is 19.2 Å². The second-order valence-electron chi connectivity index (χ2n) is 8.97. The minimum atomic E-state index is -0.579. The van der Waals surface area contributed by atoms with Gasteiger partial charge >= 0.3 is 0 Å². The summed E-state index contributed by atoms with van der Waals surface area (Å²) in [6.45, 7) is 8.27. The van der Waals surface area contributed by atoms with Gasteiger partial charge < -0.3 is 20.3 Å². The molecular weight excluding hydrogens is 447 g/mol. The van der Waals surface area contributed by atoms with Crippen LogP contribution in [-0.2, 0) is 0 Å². The molecule has 2 N–H and O–H groups in total. The van der Waals surface area contributed by atoms with Gasteiger partial charge in [-0.1, -0.05) is 13.8 Å². The molecule has 2 fully saturated rings. The number of rotatable bonds is 4. The summed E-state index contributed by atoms with van der Waals surface area (Å²) < 4.78 is 21.5. The first-order chi connectivity index (χ1) is 16.9. The zero-order valence-electron chi connectivity index (χ0n) is 21.0. The van der Waals surface area contributed by atoms with E-state index in [0.717, 1.165) is 61.5 Å². The van der Waals surface area contributed by atoms with E-state index >= 15 is 0 Å². The van der Waals surface area contributed by atoms with Gasteiger partial charge in [-0.05, 0) is 44.7 Å². The van der Waals surface area contributed by atoms with E-state index in [9.17, 15) is 9.18 Å². The van der Waals surface area contributed by atoms with Crippen molar-refractivity contribution in [2.45, 2.75) is 58.5 Å². The standard InChI is InChI=1S/C24H29FN6O2.C2H6/c1-15-13-31-22(27-23(15)29-10-8-16(26)14-29)12-20(28-31)21-5-3-4-9-30(21)24(32)18-7-6-17(33-2)11-19(18)25;1-2/h6-7,11-13,16,21H,3-5,8-10,14,26H2,1-2H3;1-2H3. The van der Waals surface area contributed by atoms with Crippen molar-refractivity contribution in [1.82, 2.24) is 19.5 Å². The number of hydrogen-bond donors (Lipinski definition) is 1. The highest BCUT2D eigenvalue weighted by molar-refractivity contribution is 5.95. The van der Waals surface area contributed by atoms with Crippen LogP contribution < -0.4 is 15.4 Å². The summed E-state index contributed by atoms with van der Waals surface area (Å²) in [5, 5.41) is 4.76. The van der Waals surface area contributed by atoms with Crippen LogP contribution in [0.2, 0.25) is 0 Å². The lowest BCUT2D eigenvalue weighted by molar-refractivity contribution is 0.0601. The van der Waals surface area contributed by atoms with Gasteiger partial charge in [0, 0.05) is 49.6 Å². The van der Waals surface area contributed by atoms with Crippen LogP contribution in [0.4, 0.5) is 10.2 Å². The summed E-state index contributed by atoms with van der Waals surface area (Å²) >= 11 is 0. The van der Waals surface area contributed by atoms with Crippen LogP contribution in [0.15, 0.2) is 30.5 Å². The smallest absolute Gasteiger partial charge is 0.257 e. The van der Waals surface area contributed by atoms with Gasteiger partial charge in [-0.3, -0.25) is 4.79 Å². The van der Waals surface area contributed by atoms with Gasteiger partial charge in [-0.2, -0.15) is 5.10 Å². The summed E-state index contributed by atoms with van der Waals surface area (Å²) in [5.74, 6) is 0.409. The van der Waals surface area contributed by atoms with Crippen molar-refractivity contribution in [3.8, 4) is 5.75 Å². The molecule has 3 aromatic rings. The van der Waals surface area contributed by atoms with Crippen LogP contribution >= 0.6 is 0 Å². The van der Waals surface area contributed by atoms with Crippen molar-refractivity contribution in [2.75, 3.05) is 31.6 Å². The second kappa shape index (κ2) is 10.6. The van der Waals surface area contributed by atoms with Crippen LogP contribution in [0.1, 0.15) is 67.2 Å². The number of carbonyl (C=O) groups excluding carboxylic acids is 1. The molecule has 0 spiro atoms. The number of nitrogens with two attached hydrogens (primary N) is 1. The third kappa shape index (κ3) is 4.96. The lowest BCUT2D eigenvalue weighted by atomic mass is 9.98. The van der Waals surface area contributed by atoms with Crippen LogP contribution in [0.5, 0.6) is 5.75 Å². The van der Waals surface area contributed by atoms with Gasteiger partial charge in [0.1, 0.15) is 17.4 Å². The molecule has 2 aliphatic rings. The number of aryl methyl sites for hydroxylation is 1. The quantitative estimate of drug-likeness (QED) is 0.602. The molecule has 1 aromatic carbocycles. The lowest BCUT2D eigenvalue weighted by Gasteiger charge is -2.34. The van der Waals surface area contributed by atoms with E-state index in [-0.39, 0.29) is 23.6 Å². The molecule has 2 atom stereocenters. The van der Waals surface area contributed by atoms with E-state index < -0.39 is 5.82 Å². The number of fused-ring (bicyclic) bond motifs is 1. The molecule has 9 heteroatoms. The Morgan fingerprint density at radius 1 is 1.17 bits per heavy atom. The number of hydrogen-bond acceptors (Lipinski definition) is 6. The molecule has 8 nitrogen and oxygen atoms in total. The Morgan fingerprint density at radius 2 is 1.97 bits per heavy atom. The zero-order valence-corrected chi connectivity index (χ0v) is 21.0. The van der Waals surface area contributed by atoms with Crippen molar-refractivity contribution in [3.63, 3.8) is 0 Å². The first-order valence-corrected chi connectivity index (χ1v) is 12.5. The predicted molar refractivity (Wildman–Crippen MR) is 134 cm³/mol. The van der Waals surface area contributed by atoms with Crippen molar-refractivity contribution in [1.29, 1.82) is 0 Å². The highest BCUT2D eigenvalue weighted by Gasteiger charge is 2.32. The Bertz CT molecular complexity index is 1200. The summed E-state index contributed by atoms with van der Waals surface area (Å²) in [6, 6.07) is 6.24. The normalized spacial score (nSPS) is 20.1. The Labute approximate surface area is 205 Å². The van der Waals surface area contributed by atoms with E-state index in [1.807, 2.05) is 33.0 Å². The average molecular weight is 483 g/mol. The fourth-order valence-corrected chi connectivity index (χ4v) is 4.91. The number of methoxy groups -OCH3 is 1. The summed E-state index contributed by atoms with van der Waals surface area (Å²) in [5.41, 5.74) is 8.68. The Balaban J connectivity index is 0.00000141. The molecule has 0 bridgehead atoms. The van der Waals surface area contributed by atoms with E-state index in [4.69, 9.17) is 20.6 Å².